The molecular formula is C17H17F2N7O. The van der Waals surface area contributed by atoms with E-state index in [-0.39, 0.29) is 11.7 Å². The fraction of sp³-hybridized carbons (Fsp3) is 0.235. The highest BCUT2D eigenvalue weighted by Crippen LogP contribution is 2.31. The Hall–Kier alpha value is -3.43. The number of aryl methyl sites for hydroxylation is 1. The number of nitrogens with zero attached hydrogens (tertiary/aromatic N) is 5. The van der Waals surface area contributed by atoms with Crippen molar-refractivity contribution in [3.8, 4) is 11.3 Å². The molecule has 140 valence electrons. The highest BCUT2D eigenvalue weighted by molar-refractivity contribution is 5.89. The summed E-state index contributed by atoms with van der Waals surface area (Å²) in [7, 11) is 1.77. The van der Waals surface area contributed by atoms with Crippen LogP contribution < -0.4 is 10.6 Å². The normalized spacial score (nSPS) is 11.3. The van der Waals surface area contributed by atoms with Crippen LogP contribution in [0.25, 0.3) is 11.3 Å². The van der Waals surface area contributed by atoms with Crippen LogP contribution in [-0.4, -0.2) is 30.6 Å². The lowest BCUT2D eigenvalue weighted by Gasteiger charge is -2.14. The molecule has 3 heterocycles. The minimum Gasteiger partial charge on any atom is -0.339 e. The molecule has 27 heavy (non-hydrogen) atoms. The molecule has 8 nitrogen and oxygen atoms in total. The lowest BCUT2D eigenvalue weighted by Crippen LogP contribution is -2.13. The van der Waals surface area contributed by atoms with Gasteiger partial charge in [0.25, 0.3) is 0 Å². The molecule has 0 atom stereocenters. The minimum atomic E-state index is -3.17. The highest BCUT2D eigenvalue weighted by atomic mass is 19.3. The molecule has 0 saturated carbocycles. The number of carbonyl (C=O) groups is 1. The number of carbonyl (C=O) groups excluding carboxylic acids is 1. The van der Waals surface area contributed by atoms with Crippen molar-refractivity contribution in [2.75, 3.05) is 10.6 Å². The smallest absolute Gasteiger partial charge is 0.303 e. The van der Waals surface area contributed by atoms with Crippen LogP contribution in [0.1, 0.15) is 19.7 Å². The third-order valence-electron chi connectivity index (χ3n) is 3.51. The fourth-order valence-electron chi connectivity index (χ4n) is 2.35. The van der Waals surface area contributed by atoms with E-state index < -0.39 is 11.7 Å². The quantitative estimate of drug-likeness (QED) is 0.713. The first-order valence-electron chi connectivity index (χ1n) is 7.98. The van der Waals surface area contributed by atoms with Crippen molar-refractivity contribution < 1.29 is 13.6 Å². The van der Waals surface area contributed by atoms with Gasteiger partial charge < -0.3 is 10.6 Å². The molecule has 0 aliphatic heterocycles. The Kier molecular flexibility index (Phi) is 4.80. The first kappa shape index (κ1) is 18.4. The molecular weight excluding hydrogens is 356 g/mol. The Balaban J connectivity index is 2.02. The number of nitrogens with one attached hydrogen (secondary N) is 2. The highest BCUT2D eigenvalue weighted by Gasteiger charge is 2.28. The molecule has 0 bridgehead atoms. The van der Waals surface area contributed by atoms with E-state index in [0.717, 1.165) is 6.92 Å². The van der Waals surface area contributed by atoms with Gasteiger partial charge in [0.1, 0.15) is 11.6 Å². The van der Waals surface area contributed by atoms with Crippen LogP contribution in [0.2, 0.25) is 0 Å². The topological polar surface area (TPSA) is 97.6 Å². The number of aromatic nitrogens is 5. The number of amides is 1. The third kappa shape index (κ3) is 4.40. The molecule has 0 unspecified atom stereocenters. The van der Waals surface area contributed by atoms with Gasteiger partial charge in [0, 0.05) is 51.1 Å². The number of anilines is 3. The van der Waals surface area contributed by atoms with Crippen molar-refractivity contribution in [2.24, 2.45) is 7.05 Å². The number of halogens is 2. The number of pyridine rings is 1. The van der Waals surface area contributed by atoms with Crippen LogP contribution in [0, 0.1) is 0 Å². The van der Waals surface area contributed by atoms with E-state index in [1.54, 1.807) is 30.1 Å². The first-order valence-corrected chi connectivity index (χ1v) is 7.98. The zero-order valence-electron chi connectivity index (χ0n) is 14.9. The van der Waals surface area contributed by atoms with Crippen molar-refractivity contribution in [2.45, 2.75) is 19.8 Å². The second kappa shape index (κ2) is 7.06. The van der Waals surface area contributed by atoms with Crippen molar-refractivity contribution in [1.29, 1.82) is 0 Å². The van der Waals surface area contributed by atoms with Crippen LogP contribution in [0.3, 0.4) is 0 Å². The van der Waals surface area contributed by atoms with Crippen LogP contribution in [0.4, 0.5) is 26.1 Å². The van der Waals surface area contributed by atoms with Crippen molar-refractivity contribution in [1.82, 2.24) is 24.7 Å². The average Bonchev–Trinajstić information content (AvgIpc) is 3.00. The average molecular weight is 373 g/mol. The number of alkyl halides is 2. The monoisotopic (exact) mass is 373 g/mol. The van der Waals surface area contributed by atoms with Gasteiger partial charge in [-0.05, 0) is 12.1 Å². The van der Waals surface area contributed by atoms with E-state index in [1.807, 2.05) is 0 Å². The summed E-state index contributed by atoms with van der Waals surface area (Å²) >= 11 is 0. The zero-order chi connectivity index (χ0) is 19.6. The summed E-state index contributed by atoms with van der Waals surface area (Å²) in [4.78, 5) is 23.0. The summed E-state index contributed by atoms with van der Waals surface area (Å²) < 4.78 is 28.6. The zero-order valence-corrected chi connectivity index (χ0v) is 14.9. The lowest BCUT2D eigenvalue weighted by molar-refractivity contribution is -0.114. The maximum Gasteiger partial charge on any atom is 0.303 e. The summed E-state index contributed by atoms with van der Waals surface area (Å²) in [5.41, 5.74) is 1.74. The number of hydrogen-bond acceptors (Lipinski definition) is 6. The van der Waals surface area contributed by atoms with E-state index in [9.17, 15) is 13.6 Å². The second-order valence-electron chi connectivity index (χ2n) is 5.95. The third-order valence-corrected chi connectivity index (χ3v) is 3.51. The van der Waals surface area contributed by atoms with Gasteiger partial charge in [-0.15, -0.1) is 0 Å². The predicted molar refractivity (Wildman–Crippen MR) is 95.6 cm³/mol. The van der Waals surface area contributed by atoms with Gasteiger partial charge in [-0.2, -0.15) is 13.9 Å². The molecule has 0 radical (unpaired) electrons. The molecule has 3 rings (SSSR count). The maximum absolute atomic E-state index is 13.5. The summed E-state index contributed by atoms with van der Waals surface area (Å²) in [6, 6.07) is 4.83. The molecule has 0 aromatic carbocycles. The van der Waals surface area contributed by atoms with Crippen molar-refractivity contribution >= 4 is 23.2 Å². The Labute approximate surface area is 153 Å². The molecule has 0 spiro atoms. The maximum atomic E-state index is 13.5. The minimum absolute atomic E-state index is 0.179. The summed E-state index contributed by atoms with van der Waals surface area (Å²) in [6.07, 6.45) is 4.55. The fourth-order valence-corrected chi connectivity index (χ4v) is 2.35. The van der Waals surface area contributed by atoms with Gasteiger partial charge in [0.2, 0.25) is 11.7 Å². The predicted octanol–water partition coefficient (Wildman–Crippen LogP) is 3.09. The van der Waals surface area contributed by atoms with Crippen LogP contribution in [-0.2, 0) is 17.8 Å². The lowest BCUT2D eigenvalue weighted by atomic mass is 10.1. The molecule has 3 aromatic rings. The second-order valence-corrected chi connectivity index (χ2v) is 5.95. The summed E-state index contributed by atoms with van der Waals surface area (Å²) in [6.45, 7) is 2.09. The molecule has 10 heteroatoms. The Morgan fingerprint density at radius 3 is 2.63 bits per heavy atom. The number of rotatable bonds is 5. The van der Waals surface area contributed by atoms with Gasteiger partial charge in [-0.3, -0.25) is 9.48 Å². The molecule has 0 fully saturated rings. The first-order chi connectivity index (χ1) is 12.7. The number of hydrogen-bond donors (Lipinski definition) is 2. The molecule has 0 aliphatic rings. The Morgan fingerprint density at radius 1 is 1.22 bits per heavy atom. The summed E-state index contributed by atoms with van der Waals surface area (Å²) in [5, 5.41) is 9.89. The molecule has 3 aromatic heterocycles. The molecule has 0 aliphatic carbocycles. The van der Waals surface area contributed by atoms with E-state index in [2.05, 4.69) is 30.7 Å². The van der Waals surface area contributed by atoms with Crippen LogP contribution in [0.5, 0.6) is 0 Å². The van der Waals surface area contributed by atoms with E-state index in [1.165, 1.54) is 25.4 Å². The van der Waals surface area contributed by atoms with Crippen molar-refractivity contribution in [3.05, 3.63) is 42.6 Å². The van der Waals surface area contributed by atoms with E-state index >= 15 is 0 Å². The van der Waals surface area contributed by atoms with Gasteiger partial charge in [0.15, 0.2) is 0 Å². The van der Waals surface area contributed by atoms with Gasteiger partial charge in [0.05, 0.1) is 11.4 Å². The molecule has 0 saturated heterocycles. The molecule has 1 amide bonds. The van der Waals surface area contributed by atoms with Gasteiger partial charge in [-0.1, -0.05) is 0 Å². The van der Waals surface area contributed by atoms with Gasteiger partial charge >= 0.3 is 5.92 Å². The van der Waals surface area contributed by atoms with E-state index in [4.69, 9.17) is 0 Å². The van der Waals surface area contributed by atoms with E-state index in [0.29, 0.717) is 22.8 Å². The largest absolute Gasteiger partial charge is 0.339 e. The van der Waals surface area contributed by atoms with Gasteiger partial charge in [-0.25, -0.2) is 15.0 Å². The van der Waals surface area contributed by atoms with Crippen LogP contribution in [0.15, 0.2) is 36.8 Å². The Bertz CT molecular complexity index is 981. The SMILES string of the molecule is CC(=O)Nc1cc(Nc2ccnc(C(C)(F)F)n2)c(-c2ccn(C)n2)cn1. The molecule has 2 N–H and O–H groups in total. The van der Waals surface area contributed by atoms with Crippen LogP contribution >= 0.6 is 0 Å². The summed E-state index contributed by atoms with van der Waals surface area (Å²) in [5.74, 6) is -3.56. The Morgan fingerprint density at radius 2 is 2.00 bits per heavy atom. The van der Waals surface area contributed by atoms with Crippen molar-refractivity contribution in [3.63, 3.8) is 0 Å². The standard InChI is InChI=1S/C17H17F2N7O/c1-10(27)22-15-8-13(11(9-21-15)12-5-7-26(3)25-12)23-14-4-6-20-16(24-14)17(2,18)19/h4-9H,1-3H3,(H2,20,21,22,23,24,27).